The van der Waals surface area contributed by atoms with Gasteiger partial charge in [-0.15, -0.1) is 0 Å². The highest BCUT2D eigenvalue weighted by Crippen LogP contribution is 2.28. The SMILES string of the molecule is CC(C)(C)OC(=O)N(CC(=O)Nc1ccc(Br)cc1N)C1CC1. The van der Waals surface area contributed by atoms with E-state index in [2.05, 4.69) is 21.2 Å². The lowest BCUT2D eigenvalue weighted by Gasteiger charge is -2.27. The van der Waals surface area contributed by atoms with Gasteiger partial charge in [0, 0.05) is 10.5 Å². The summed E-state index contributed by atoms with van der Waals surface area (Å²) in [6.07, 6.45) is 1.33. The molecule has 1 aromatic carbocycles. The summed E-state index contributed by atoms with van der Waals surface area (Å²) < 4.78 is 6.20. The Morgan fingerprint density at radius 2 is 2.04 bits per heavy atom. The molecule has 126 valence electrons. The van der Waals surface area contributed by atoms with Crippen molar-refractivity contribution in [3.05, 3.63) is 22.7 Å². The van der Waals surface area contributed by atoms with Crippen molar-refractivity contribution in [2.45, 2.75) is 45.3 Å². The molecule has 1 fully saturated rings. The van der Waals surface area contributed by atoms with Gasteiger partial charge in [-0.25, -0.2) is 4.79 Å². The minimum atomic E-state index is -0.586. The highest BCUT2D eigenvalue weighted by Gasteiger charge is 2.36. The highest BCUT2D eigenvalue weighted by molar-refractivity contribution is 9.10. The highest BCUT2D eigenvalue weighted by atomic mass is 79.9. The lowest BCUT2D eigenvalue weighted by atomic mass is 10.2. The molecule has 0 aromatic heterocycles. The Bertz CT molecular complexity index is 609. The van der Waals surface area contributed by atoms with Crippen LogP contribution in [0.4, 0.5) is 16.2 Å². The summed E-state index contributed by atoms with van der Waals surface area (Å²) in [7, 11) is 0. The van der Waals surface area contributed by atoms with Gasteiger partial charge in [-0.05, 0) is 51.8 Å². The number of ether oxygens (including phenoxy) is 1. The summed E-state index contributed by atoms with van der Waals surface area (Å²) in [5, 5.41) is 2.73. The molecular weight excluding hydrogens is 362 g/mol. The maximum Gasteiger partial charge on any atom is 0.411 e. The average Bonchev–Trinajstić information content (AvgIpc) is 3.21. The summed E-state index contributed by atoms with van der Waals surface area (Å²) in [5.74, 6) is -0.295. The van der Waals surface area contributed by atoms with Crippen molar-refractivity contribution >= 4 is 39.3 Å². The number of halogens is 1. The number of carbonyl (C=O) groups excluding carboxylic acids is 2. The molecule has 6 nitrogen and oxygen atoms in total. The summed E-state index contributed by atoms with van der Waals surface area (Å²) >= 11 is 3.31. The molecule has 0 aliphatic heterocycles. The monoisotopic (exact) mass is 383 g/mol. The molecule has 2 amide bonds. The number of hydrogen-bond donors (Lipinski definition) is 2. The van der Waals surface area contributed by atoms with E-state index in [0.29, 0.717) is 11.4 Å². The lowest BCUT2D eigenvalue weighted by molar-refractivity contribution is -0.117. The van der Waals surface area contributed by atoms with Crippen molar-refractivity contribution < 1.29 is 14.3 Å². The summed E-state index contributed by atoms with van der Waals surface area (Å²) in [6.45, 7) is 5.37. The van der Waals surface area contributed by atoms with Crippen molar-refractivity contribution in [1.82, 2.24) is 4.90 Å². The summed E-state index contributed by atoms with van der Waals surface area (Å²) in [4.78, 5) is 25.9. The van der Waals surface area contributed by atoms with Gasteiger partial charge in [0.15, 0.2) is 0 Å². The molecule has 1 saturated carbocycles. The zero-order valence-corrected chi connectivity index (χ0v) is 15.1. The molecule has 0 spiro atoms. The van der Waals surface area contributed by atoms with Crippen molar-refractivity contribution in [3.63, 3.8) is 0 Å². The van der Waals surface area contributed by atoms with Crippen LogP contribution in [0.5, 0.6) is 0 Å². The van der Waals surface area contributed by atoms with E-state index >= 15 is 0 Å². The van der Waals surface area contributed by atoms with Crippen LogP contribution >= 0.6 is 15.9 Å². The van der Waals surface area contributed by atoms with Crippen molar-refractivity contribution in [3.8, 4) is 0 Å². The van der Waals surface area contributed by atoms with Gasteiger partial charge in [0.25, 0.3) is 0 Å². The van der Waals surface area contributed by atoms with E-state index in [0.717, 1.165) is 17.3 Å². The first-order valence-corrected chi connectivity index (χ1v) is 8.29. The lowest BCUT2D eigenvalue weighted by Crippen LogP contribution is -2.42. The maximum atomic E-state index is 12.2. The molecule has 1 aliphatic carbocycles. The number of nitrogen functional groups attached to an aromatic ring is 1. The topological polar surface area (TPSA) is 84.7 Å². The molecule has 0 saturated heterocycles. The van der Waals surface area contributed by atoms with Crippen LogP contribution in [-0.2, 0) is 9.53 Å². The number of anilines is 2. The molecule has 0 atom stereocenters. The fraction of sp³-hybridized carbons (Fsp3) is 0.500. The number of benzene rings is 1. The molecule has 2 rings (SSSR count). The number of nitrogens with zero attached hydrogens (tertiary/aromatic N) is 1. The Balaban J connectivity index is 1.99. The van der Waals surface area contributed by atoms with E-state index in [-0.39, 0.29) is 18.5 Å². The van der Waals surface area contributed by atoms with Gasteiger partial charge in [0.2, 0.25) is 5.91 Å². The number of nitrogens with one attached hydrogen (secondary N) is 1. The number of nitrogens with two attached hydrogens (primary N) is 1. The number of amides is 2. The normalized spacial score (nSPS) is 14.3. The molecule has 7 heteroatoms. The minimum absolute atomic E-state index is 0.0465. The molecule has 0 unspecified atom stereocenters. The quantitative estimate of drug-likeness (QED) is 0.780. The van der Waals surface area contributed by atoms with Crippen LogP contribution in [0.1, 0.15) is 33.6 Å². The van der Waals surface area contributed by atoms with E-state index in [9.17, 15) is 9.59 Å². The first kappa shape index (κ1) is 17.6. The largest absolute Gasteiger partial charge is 0.444 e. The van der Waals surface area contributed by atoms with Crippen LogP contribution in [0.25, 0.3) is 0 Å². The van der Waals surface area contributed by atoms with Crippen LogP contribution in [0.3, 0.4) is 0 Å². The number of rotatable bonds is 4. The van der Waals surface area contributed by atoms with Crippen LogP contribution in [0, 0.1) is 0 Å². The second kappa shape index (κ2) is 6.78. The summed E-state index contributed by atoms with van der Waals surface area (Å²) in [5.41, 5.74) is 6.27. The second-order valence-corrected chi connectivity index (χ2v) is 7.53. The van der Waals surface area contributed by atoms with Gasteiger partial charge in [0.1, 0.15) is 12.1 Å². The third-order valence-electron chi connectivity index (χ3n) is 3.22. The molecule has 0 bridgehead atoms. The predicted octanol–water partition coefficient (Wildman–Crippen LogP) is 3.37. The summed E-state index contributed by atoms with van der Waals surface area (Å²) in [6, 6.07) is 5.30. The first-order chi connectivity index (χ1) is 10.7. The standard InChI is InChI=1S/C16H22BrN3O3/c1-16(2,3)23-15(22)20(11-5-6-11)9-14(21)19-13-7-4-10(17)8-12(13)18/h4,7-8,11H,5-6,9,18H2,1-3H3,(H,19,21). The van der Waals surface area contributed by atoms with Crippen LogP contribution in [0.2, 0.25) is 0 Å². The molecule has 1 aromatic rings. The van der Waals surface area contributed by atoms with Gasteiger partial charge in [0.05, 0.1) is 11.4 Å². The van der Waals surface area contributed by atoms with E-state index < -0.39 is 11.7 Å². The van der Waals surface area contributed by atoms with Gasteiger partial charge >= 0.3 is 6.09 Å². The van der Waals surface area contributed by atoms with Crippen molar-refractivity contribution in [2.24, 2.45) is 0 Å². The number of hydrogen-bond acceptors (Lipinski definition) is 4. The average molecular weight is 384 g/mol. The van der Waals surface area contributed by atoms with Gasteiger partial charge < -0.3 is 15.8 Å². The Hall–Kier alpha value is -1.76. The molecule has 0 radical (unpaired) electrons. The van der Waals surface area contributed by atoms with Crippen LogP contribution in [0.15, 0.2) is 22.7 Å². The van der Waals surface area contributed by atoms with E-state index in [1.54, 1.807) is 39.0 Å². The first-order valence-electron chi connectivity index (χ1n) is 7.50. The zero-order valence-electron chi connectivity index (χ0n) is 13.6. The Kier molecular flexibility index (Phi) is 5.19. The van der Waals surface area contributed by atoms with Crippen LogP contribution < -0.4 is 11.1 Å². The molecule has 0 heterocycles. The molecule has 23 heavy (non-hydrogen) atoms. The van der Waals surface area contributed by atoms with Gasteiger partial charge in [-0.2, -0.15) is 0 Å². The number of carbonyl (C=O) groups is 2. The molecule has 1 aliphatic rings. The molecular formula is C16H22BrN3O3. The zero-order chi connectivity index (χ0) is 17.2. The van der Waals surface area contributed by atoms with Gasteiger partial charge in [-0.1, -0.05) is 15.9 Å². The van der Waals surface area contributed by atoms with Crippen molar-refractivity contribution in [1.29, 1.82) is 0 Å². The third-order valence-corrected chi connectivity index (χ3v) is 3.71. The Morgan fingerprint density at radius 3 is 2.57 bits per heavy atom. The smallest absolute Gasteiger partial charge is 0.411 e. The minimum Gasteiger partial charge on any atom is -0.444 e. The predicted molar refractivity (Wildman–Crippen MR) is 93.1 cm³/mol. The third kappa shape index (κ3) is 5.42. The van der Waals surface area contributed by atoms with Crippen LogP contribution in [-0.4, -0.2) is 35.1 Å². The van der Waals surface area contributed by atoms with Gasteiger partial charge in [-0.3, -0.25) is 9.69 Å². The van der Waals surface area contributed by atoms with E-state index in [1.807, 2.05) is 0 Å². The molecule has 3 N–H and O–H groups in total. The van der Waals surface area contributed by atoms with E-state index in [4.69, 9.17) is 10.5 Å². The second-order valence-electron chi connectivity index (χ2n) is 6.62. The van der Waals surface area contributed by atoms with E-state index in [1.165, 1.54) is 4.90 Å². The Labute approximate surface area is 144 Å². The fourth-order valence-electron chi connectivity index (χ4n) is 2.04. The van der Waals surface area contributed by atoms with Crippen molar-refractivity contribution in [2.75, 3.05) is 17.6 Å². The fourth-order valence-corrected chi connectivity index (χ4v) is 2.42. The maximum absolute atomic E-state index is 12.2. The Morgan fingerprint density at radius 1 is 1.39 bits per heavy atom.